The molecule has 1 saturated heterocycles. The molecule has 2 aromatic heterocycles. The molecule has 0 N–H and O–H groups in total. The number of pyridine rings is 1. The third kappa shape index (κ3) is 5.06. The van der Waals surface area contributed by atoms with E-state index in [0.717, 1.165) is 47.5 Å². The Hall–Kier alpha value is -3.80. The fourth-order valence-corrected chi connectivity index (χ4v) is 4.65. The molecule has 0 radical (unpaired) electrons. The summed E-state index contributed by atoms with van der Waals surface area (Å²) in [5.74, 6) is 0.0404. The first-order valence-corrected chi connectivity index (χ1v) is 11.7. The number of imidazole rings is 1. The summed E-state index contributed by atoms with van der Waals surface area (Å²) < 4.78 is 15.2. The maximum atomic E-state index is 13.5. The SMILES string of the molecule is O=C(c1ccccc1Cn1ccnc1)N1CCC[C@@H](c2cccc(Cc3ccc(F)cc3)n2)C1. The number of hydrogen-bond donors (Lipinski definition) is 0. The minimum absolute atomic E-state index is 0.0721. The Morgan fingerprint density at radius 1 is 1.03 bits per heavy atom. The predicted octanol–water partition coefficient (Wildman–Crippen LogP) is 5.08. The largest absolute Gasteiger partial charge is 0.338 e. The monoisotopic (exact) mass is 454 g/mol. The van der Waals surface area contributed by atoms with Gasteiger partial charge in [-0.25, -0.2) is 9.37 Å². The second-order valence-electron chi connectivity index (χ2n) is 8.84. The Morgan fingerprint density at radius 2 is 1.88 bits per heavy atom. The second-order valence-corrected chi connectivity index (χ2v) is 8.84. The maximum Gasteiger partial charge on any atom is 0.254 e. The highest BCUT2D eigenvalue weighted by molar-refractivity contribution is 5.95. The number of piperidine rings is 1. The number of carbonyl (C=O) groups is 1. The molecule has 172 valence electrons. The minimum Gasteiger partial charge on any atom is -0.338 e. The van der Waals surface area contributed by atoms with Crippen LogP contribution in [0.3, 0.4) is 0 Å². The van der Waals surface area contributed by atoms with Crippen molar-refractivity contribution in [1.82, 2.24) is 19.4 Å². The van der Waals surface area contributed by atoms with Crippen LogP contribution in [0.25, 0.3) is 0 Å². The van der Waals surface area contributed by atoms with Gasteiger partial charge in [-0.1, -0.05) is 36.4 Å². The number of carbonyl (C=O) groups excluding carboxylic acids is 1. The Bertz CT molecular complexity index is 1250. The maximum absolute atomic E-state index is 13.5. The Morgan fingerprint density at radius 3 is 2.71 bits per heavy atom. The van der Waals surface area contributed by atoms with Crippen molar-refractivity contribution in [1.29, 1.82) is 0 Å². The van der Waals surface area contributed by atoms with Gasteiger partial charge in [0.15, 0.2) is 0 Å². The first-order chi connectivity index (χ1) is 16.7. The van der Waals surface area contributed by atoms with Crippen molar-refractivity contribution in [2.24, 2.45) is 0 Å². The molecule has 1 aliphatic heterocycles. The first kappa shape index (κ1) is 22.0. The van der Waals surface area contributed by atoms with Crippen molar-refractivity contribution in [3.63, 3.8) is 0 Å². The zero-order chi connectivity index (χ0) is 23.3. The fraction of sp³-hybridized carbons (Fsp3) is 0.250. The van der Waals surface area contributed by atoms with Crippen LogP contribution in [-0.4, -0.2) is 38.4 Å². The van der Waals surface area contributed by atoms with E-state index in [1.54, 1.807) is 24.7 Å². The van der Waals surface area contributed by atoms with Crippen LogP contribution in [0.5, 0.6) is 0 Å². The number of rotatable bonds is 6. The van der Waals surface area contributed by atoms with E-state index in [1.807, 2.05) is 52.1 Å². The molecule has 1 fully saturated rings. The topological polar surface area (TPSA) is 51.0 Å². The van der Waals surface area contributed by atoms with Gasteiger partial charge in [0.25, 0.3) is 5.91 Å². The lowest BCUT2D eigenvalue weighted by Gasteiger charge is -2.33. The molecule has 5 nitrogen and oxygen atoms in total. The molecule has 6 heteroatoms. The average molecular weight is 455 g/mol. The summed E-state index contributed by atoms with van der Waals surface area (Å²) in [7, 11) is 0. The van der Waals surface area contributed by atoms with Crippen LogP contribution >= 0.6 is 0 Å². The molecule has 2 aromatic carbocycles. The smallest absolute Gasteiger partial charge is 0.254 e. The normalized spacial score (nSPS) is 15.9. The average Bonchev–Trinajstić information content (AvgIpc) is 3.39. The molecule has 0 bridgehead atoms. The summed E-state index contributed by atoms with van der Waals surface area (Å²) in [5.41, 5.74) is 4.74. The van der Waals surface area contributed by atoms with E-state index in [4.69, 9.17) is 4.98 Å². The minimum atomic E-state index is -0.232. The van der Waals surface area contributed by atoms with Crippen molar-refractivity contribution in [3.05, 3.63) is 119 Å². The Balaban J connectivity index is 1.31. The van der Waals surface area contributed by atoms with Crippen LogP contribution in [-0.2, 0) is 13.0 Å². The second kappa shape index (κ2) is 10.00. The molecule has 1 amide bonds. The molecule has 4 aromatic rings. The van der Waals surface area contributed by atoms with Crippen molar-refractivity contribution in [3.8, 4) is 0 Å². The lowest BCUT2D eigenvalue weighted by atomic mass is 9.93. The fourth-order valence-electron chi connectivity index (χ4n) is 4.65. The predicted molar refractivity (Wildman–Crippen MR) is 129 cm³/mol. The summed E-state index contributed by atoms with van der Waals surface area (Å²) in [5, 5.41) is 0. The van der Waals surface area contributed by atoms with Gasteiger partial charge in [0, 0.05) is 61.3 Å². The first-order valence-electron chi connectivity index (χ1n) is 11.7. The molecule has 34 heavy (non-hydrogen) atoms. The van der Waals surface area contributed by atoms with Crippen LogP contribution in [0.1, 0.15) is 51.6 Å². The molecule has 0 saturated carbocycles. The van der Waals surface area contributed by atoms with Crippen molar-refractivity contribution >= 4 is 5.91 Å². The van der Waals surface area contributed by atoms with E-state index in [-0.39, 0.29) is 17.6 Å². The van der Waals surface area contributed by atoms with Gasteiger partial charge in [0.2, 0.25) is 0 Å². The van der Waals surface area contributed by atoms with Gasteiger partial charge >= 0.3 is 0 Å². The van der Waals surface area contributed by atoms with E-state index in [1.165, 1.54) is 12.1 Å². The summed E-state index contributed by atoms with van der Waals surface area (Å²) in [6.45, 7) is 2.03. The highest BCUT2D eigenvalue weighted by Crippen LogP contribution is 2.28. The summed E-state index contributed by atoms with van der Waals surface area (Å²) in [6, 6.07) is 20.5. The zero-order valence-electron chi connectivity index (χ0n) is 19.0. The van der Waals surface area contributed by atoms with Crippen LogP contribution in [0.2, 0.25) is 0 Å². The molecule has 0 spiro atoms. The Kier molecular flexibility index (Phi) is 6.47. The molecule has 3 heterocycles. The van der Waals surface area contributed by atoms with Crippen LogP contribution in [0.4, 0.5) is 4.39 Å². The lowest BCUT2D eigenvalue weighted by molar-refractivity contribution is 0.0704. The van der Waals surface area contributed by atoms with E-state index >= 15 is 0 Å². The van der Waals surface area contributed by atoms with Gasteiger partial charge in [0.1, 0.15) is 5.82 Å². The van der Waals surface area contributed by atoms with Crippen molar-refractivity contribution in [2.75, 3.05) is 13.1 Å². The number of aromatic nitrogens is 3. The van der Waals surface area contributed by atoms with E-state index in [9.17, 15) is 9.18 Å². The molecule has 0 unspecified atom stereocenters. The quantitative estimate of drug-likeness (QED) is 0.408. The number of halogens is 1. The molecular weight excluding hydrogens is 427 g/mol. The van der Waals surface area contributed by atoms with Crippen molar-refractivity contribution in [2.45, 2.75) is 31.7 Å². The number of hydrogen-bond acceptors (Lipinski definition) is 3. The third-order valence-electron chi connectivity index (χ3n) is 6.41. The van der Waals surface area contributed by atoms with Gasteiger partial charge in [0.05, 0.1) is 6.33 Å². The molecular formula is C28H27FN4O. The van der Waals surface area contributed by atoms with Crippen LogP contribution < -0.4 is 0 Å². The molecule has 1 atom stereocenters. The summed E-state index contributed by atoms with van der Waals surface area (Å²) >= 11 is 0. The number of amides is 1. The van der Waals surface area contributed by atoms with Gasteiger partial charge in [-0.15, -0.1) is 0 Å². The molecule has 1 aliphatic rings. The van der Waals surface area contributed by atoms with Gasteiger partial charge < -0.3 is 9.47 Å². The number of nitrogens with zero attached hydrogens (tertiary/aromatic N) is 4. The van der Waals surface area contributed by atoms with E-state index < -0.39 is 0 Å². The van der Waals surface area contributed by atoms with E-state index in [2.05, 4.69) is 11.1 Å². The van der Waals surface area contributed by atoms with Crippen molar-refractivity contribution < 1.29 is 9.18 Å². The van der Waals surface area contributed by atoms with Gasteiger partial charge in [-0.3, -0.25) is 9.78 Å². The van der Waals surface area contributed by atoms with Gasteiger partial charge in [-0.05, 0) is 54.3 Å². The summed E-state index contributed by atoms with van der Waals surface area (Å²) in [6.07, 6.45) is 8.03. The highest BCUT2D eigenvalue weighted by atomic mass is 19.1. The third-order valence-corrected chi connectivity index (χ3v) is 6.41. The summed E-state index contributed by atoms with van der Waals surface area (Å²) in [4.78, 5) is 24.5. The van der Waals surface area contributed by atoms with Gasteiger partial charge in [-0.2, -0.15) is 0 Å². The van der Waals surface area contributed by atoms with E-state index in [0.29, 0.717) is 19.5 Å². The number of likely N-dealkylation sites (tertiary alicyclic amines) is 1. The molecule has 5 rings (SSSR count). The zero-order valence-corrected chi connectivity index (χ0v) is 19.0. The number of benzene rings is 2. The van der Waals surface area contributed by atoms with Crippen LogP contribution in [0.15, 0.2) is 85.5 Å². The standard InChI is InChI=1S/C28H27FN4O/c29-24-12-10-21(11-13-24)17-25-7-3-9-27(31-25)23-6-4-15-33(19-23)28(34)26-8-2-1-5-22(26)18-32-16-14-30-20-32/h1-3,5,7-14,16,20,23H,4,6,15,17-19H2/t23-/m1/s1. The highest BCUT2D eigenvalue weighted by Gasteiger charge is 2.27. The van der Waals surface area contributed by atoms with Crippen LogP contribution in [0, 0.1) is 5.82 Å². The molecule has 0 aliphatic carbocycles. The Labute approximate surface area is 198 Å². The lowest BCUT2D eigenvalue weighted by Crippen LogP contribution is -2.39.